The molecule has 0 aromatic rings. The zero-order valence-corrected chi connectivity index (χ0v) is 12.2. The molecule has 0 heterocycles. The van der Waals surface area contributed by atoms with Gasteiger partial charge >= 0.3 is 0 Å². The second-order valence-electron chi connectivity index (χ2n) is 6.37. The Hall–Kier alpha value is -0.590. The van der Waals surface area contributed by atoms with Crippen LogP contribution in [0.2, 0.25) is 0 Å². The fourth-order valence-electron chi connectivity index (χ4n) is 2.24. The maximum Gasteiger partial charge on any atom is 0.0683 e. The minimum atomic E-state index is -0.157. The van der Waals surface area contributed by atoms with Gasteiger partial charge in [0.15, 0.2) is 0 Å². The molecular weight excluding hydrogens is 224 g/mol. The third kappa shape index (κ3) is 5.84. The van der Waals surface area contributed by atoms with E-state index in [-0.39, 0.29) is 5.41 Å². The Morgan fingerprint density at radius 2 is 2.06 bits per heavy atom. The van der Waals surface area contributed by atoms with Crippen LogP contribution in [-0.2, 0) is 4.74 Å². The molecule has 0 saturated heterocycles. The van der Waals surface area contributed by atoms with Crippen molar-refractivity contribution in [3.05, 3.63) is 0 Å². The molecule has 1 fully saturated rings. The van der Waals surface area contributed by atoms with Crippen molar-refractivity contribution in [1.82, 2.24) is 5.32 Å². The van der Waals surface area contributed by atoms with Crippen molar-refractivity contribution in [2.75, 3.05) is 26.8 Å². The molecule has 0 aromatic carbocycles. The molecule has 0 bridgehead atoms. The van der Waals surface area contributed by atoms with Crippen molar-refractivity contribution in [3.63, 3.8) is 0 Å². The molecule has 104 valence electrons. The largest absolute Gasteiger partial charge is 0.385 e. The predicted octanol–water partition coefficient (Wildman–Crippen LogP) is 3.11. The highest BCUT2D eigenvalue weighted by Crippen LogP contribution is 2.48. The smallest absolute Gasteiger partial charge is 0.0683 e. The third-order valence-electron chi connectivity index (χ3n) is 4.00. The molecule has 1 N–H and O–H groups in total. The Morgan fingerprint density at radius 3 is 2.61 bits per heavy atom. The molecule has 3 nitrogen and oxygen atoms in total. The number of ether oxygens (including phenoxy) is 1. The lowest BCUT2D eigenvalue weighted by Gasteiger charge is -2.17. The topological polar surface area (TPSA) is 45.0 Å². The summed E-state index contributed by atoms with van der Waals surface area (Å²) >= 11 is 0. The molecule has 0 amide bonds. The van der Waals surface area contributed by atoms with Crippen LogP contribution in [0.5, 0.6) is 0 Å². The molecule has 0 aliphatic heterocycles. The number of nitrogens with zero attached hydrogens (tertiary/aromatic N) is 1. The van der Waals surface area contributed by atoms with E-state index < -0.39 is 0 Å². The average molecular weight is 252 g/mol. The predicted molar refractivity (Wildman–Crippen MR) is 74.3 cm³/mol. The third-order valence-corrected chi connectivity index (χ3v) is 4.00. The summed E-state index contributed by atoms with van der Waals surface area (Å²) in [6.07, 6.45) is 7.21. The number of rotatable bonds is 10. The van der Waals surface area contributed by atoms with Gasteiger partial charge in [-0.15, -0.1) is 0 Å². The van der Waals surface area contributed by atoms with E-state index in [1.54, 1.807) is 7.11 Å². The summed E-state index contributed by atoms with van der Waals surface area (Å²) in [5.41, 5.74) is 0.387. The Kier molecular flexibility index (Phi) is 6.11. The minimum Gasteiger partial charge on any atom is -0.385 e. The van der Waals surface area contributed by atoms with E-state index in [0.29, 0.717) is 5.41 Å². The molecule has 1 aliphatic carbocycles. The van der Waals surface area contributed by atoms with E-state index in [0.717, 1.165) is 32.5 Å². The fourth-order valence-corrected chi connectivity index (χ4v) is 2.24. The number of hydrogen-bond acceptors (Lipinski definition) is 3. The molecule has 0 spiro atoms. The maximum absolute atomic E-state index is 8.92. The standard InChI is InChI=1S/C15H28N2O/c1-14(2,12-16)6-4-5-10-17-13-15(7-8-15)9-11-18-3/h17H,4-11,13H2,1-3H3. The van der Waals surface area contributed by atoms with Gasteiger partial charge in [0.25, 0.3) is 0 Å². The number of hydrogen-bond donors (Lipinski definition) is 1. The number of nitrogens with one attached hydrogen (secondary N) is 1. The number of methoxy groups -OCH3 is 1. The molecule has 3 heteroatoms. The van der Waals surface area contributed by atoms with E-state index in [1.165, 1.54) is 25.7 Å². The van der Waals surface area contributed by atoms with Gasteiger partial charge in [0.2, 0.25) is 0 Å². The van der Waals surface area contributed by atoms with Gasteiger partial charge in [-0.3, -0.25) is 0 Å². The summed E-state index contributed by atoms with van der Waals surface area (Å²) in [6.45, 7) is 7.14. The summed E-state index contributed by atoms with van der Waals surface area (Å²) < 4.78 is 5.15. The first-order chi connectivity index (χ1) is 8.54. The van der Waals surface area contributed by atoms with Gasteiger partial charge in [-0.1, -0.05) is 6.42 Å². The molecule has 0 atom stereocenters. The van der Waals surface area contributed by atoms with Crippen LogP contribution in [0.1, 0.15) is 52.4 Å². The van der Waals surface area contributed by atoms with Crippen molar-refractivity contribution in [3.8, 4) is 6.07 Å². The van der Waals surface area contributed by atoms with Crippen LogP contribution >= 0.6 is 0 Å². The van der Waals surface area contributed by atoms with Crippen molar-refractivity contribution in [2.45, 2.75) is 52.4 Å². The van der Waals surface area contributed by atoms with Crippen LogP contribution in [-0.4, -0.2) is 26.8 Å². The van der Waals surface area contributed by atoms with Gasteiger partial charge in [-0.2, -0.15) is 5.26 Å². The molecule has 1 aliphatic rings. The highest BCUT2D eigenvalue weighted by Gasteiger charge is 2.41. The van der Waals surface area contributed by atoms with E-state index >= 15 is 0 Å². The highest BCUT2D eigenvalue weighted by molar-refractivity contribution is 4.94. The Morgan fingerprint density at radius 1 is 1.33 bits per heavy atom. The van der Waals surface area contributed by atoms with Crippen molar-refractivity contribution in [2.24, 2.45) is 10.8 Å². The SMILES string of the molecule is COCCC1(CNCCCCC(C)(C)C#N)CC1. The van der Waals surface area contributed by atoms with E-state index in [2.05, 4.69) is 11.4 Å². The maximum atomic E-state index is 8.92. The molecule has 0 radical (unpaired) electrons. The Bertz CT molecular complexity index is 277. The number of nitriles is 1. The number of unbranched alkanes of at least 4 members (excludes halogenated alkanes) is 1. The molecule has 0 unspecified atom stereocenters. The summed E-state index contributed by atoms with van der Waals surface area (Å²) in [4.78, 5) is 0. The summed E-state index contributed by atoms with van der Waals surface area (Å²) in [6, 6.07) is 2.36. The molecule has 18 heavy (non-hydrogen) atoms. The van der Waals surface area contributed by atoms with Crippen LogP contribution in [0.3, 0.4) is 0 Å². The minimum absolute atomic E-state index is 0.157. The van der Waals surface area contributed by atoms with Gasteiger partial charge in [-0.25, -0.2) is 0 Å². The first-order valence-corrected chi connectivity index (χ1v) is 7.15. The van der Waals surface area contributed by atoms with Crippen molar-refractivity contribution in [1.29, 1.82) is 5.26 Å². The molecule has 0 aromatic heterocycles. The summed E-state index contributed by atoms with van der Waals surface area (Å²) in [7, 11) is 1.78. The first-order valence-electron chi connectivity index (χ1n) is 7.15. The second-order valence-corrected chi connectivity index (χ2v) is 6.37. The highest BCUT2D eigenvalue weighted by atomic mass is 16.5. The lowest BCUT2D eigenvalue weighted by Crippen LogP contribution is -2.26. The van der Waals surface area contributed by atoms with Crippen LogP contribution in [0.4, 0.5) is 0 Å². The summed E-state index contributed by atoms with van der Waals surface area (Å²) in [5, 5.41) is 12.5. The molecule has 1 saturated carbocycles. The van der Waals surface area contributed by atoms with Crippen LogP contribution in [0.15, 0.2) is 0 Å². The first kappa shape index (κ1) is 15.5. The normalized spacial score (nSPS) is 17.4. The quantitative estimate of drug-likeness (QED) is 0.608. The van der Waals surface area contributed by atoms with Crippen molar-refractivity contribution >= 4 is 0 Å². The van der Waals surface area contributed by atoms with Gasteiger partial charge in [0, 0.05) is 20.3 Å². The van der Waals surface area contributed by atoms with Gasteiger partial charge in [-0.05, 0) is 57.9 Å². The van der Waals surface area contributed by atoms with E-state index in [9.17, 15) is 0 Å². The monoisotopic (exact) mass is 252 g/mol. The second kappa shape index (κ2) is 7.11. The Balaban J connectivity index is 1.98. The Labute approximate surface area is 112 Å². The zero-order chi connectivity index (χ0) is 13.5. The molecule has 1 rings (SSSR count). The fraction of sp³-hybridized carbons (Fsp3) is 0.933. The zero-order valence-electron chi connectivity index (χ0n) is 12.2. The van der Waals surface area contributed by atoms with Crippen LogP contribution in [0.25, 0.3) is 0 Å². The van der Waals surface area contributed by atoms with E-state index in [1.807, 2.05) is 13.8 Å². The lowest BCUT2D eigenvalue weighted by molar-refractivity contribution is 0.171. The lowest BCUT2D eigenvalue weighted by atomic mass is 9.89. The van der Waals surface area contributed by atoms with Crippen molar-refractivity contribution < 1.29 is 4.74 Å². The van der Waals surface area contributed by atoms with E-state index in [4.69, 9.17) is 10.00 Å². The van der Waals surface area contributed by atoms with Crippen LogP contribution in [0, 0.1) is 22.2 Å². The summed E-state index contributed by atoms with van der Waals surface area (Å²) in [5.74, 6) is 0. The molecular formula is C15H28N2O. The van der Waals surface area contributed by atoms with Gasteiger partial charge in [0.05, 0.1) is 11.5 Å². The average Bonchev–Trinajstić information content (AvgIpc) is 3.12. The van der Waals surface area contributed by atoms with Gasteiger partial charge in [0.1, 0.15) is 0 Å². The van der Waals surface area contributed by atoms with Crippen LogP contribution < -0.4 is 5.32 Å². The van der Waals surface area contributed by atoms with Gasteiger partial charge < -0.3 is 10.1 Å².